The Balaban J connectivity index is 1.73. The van der Waals surface area contributed by atoms with Crippen molar-refractivity contribution in [3.63, 3.8) is 0 Å². The maximum absolute atomic E-state index is 14.1. The van der Waals surface area contributed by atoms with Gasteiger partial charge in [-0.05, 0) is 36.4 Å². The molecule has 0 radical (unpaired) electrons. The summed E-state index contributed by atoms with van der Waals surface area (Å²) in [5, 5.41) is 0.748. The molecule has 1 fully saturated rings. The van der Waals surface area contributed by atoms with Crippen molar-refractivity contribution < 1.29 is 23.5 Å². The van der Waals surface area contributed by atoms with Gasteiger partial charge in [0.15, 0.2) is 0 Å². The number of carbonyl (C=O) groups excluding carboxylic acids is 2. The van der Waals surface area contributed by atoms with Crippen LogP contribution in [0.1, 0.15) is 12.0 Å². The monoisotopic (exact) mass is 454 g/mol. The molecule has 0 aromatic heterocycles. The van der Waals surface area contributed by atoms with Gasteiger partial charge < -0.3 is 20.1 Å². The normalized spacial score (nSPS) is 18.8. The van der Waals surface area contributed by atoms with Crippen LogP contribution in [0.15, 0.2) is 42.5 Å². The number of rotatable bonds is 7. The average Bonchev–Trinajstić information content (AvgIpc) is 2.70. The van der Waals surface area contributed by atoms with Crippen LogP contribution in [0, 0.1) is 5.82 Å². The fourth-order valence-electron chi connectivity index (χ4n) is 3.33. The summed E-state index contributed by atoms with van der Waals surface area (Å²) in [6.45, 7) is 0.566. The molecule has 6 nitrogen and oxygen atoms in total. The lowest BCUT2D eigenvalue weighted by molar-refractivity contribution is -0.161. The van der Waals surface area contributed by atoms with E-state index in [0.717, 1.165) is 0 Å². The first-order valence-corrected chi connectivity index (χ1v) is 10.0. The van der Waals surface area contributed by atoms with Crippen molar-refractivity contribution in [1.29, 1.82) is 0 Å². The standard InChI is InChI=1S/C21H21Cl2FN2O4/c22-14-4-6-15(7-5-14)29-13-21(11-19(25)27)12-26(8-9-30-21)20(28)10-16-17(23)2-1-3-18(16)24/h1-7H,8-13H2,(H2,25,27)/t21-/m1/s1. The quantitative estimate of drug-likeness (QED) is 0.695. The minimum absolute atomic E-state index is 0.00179. The van der Waals surface area contributed by atoms with Gasteiger partial charge in [-0.2, -0.15) is 0 Å². The minimum Gasteiger partial charge on any atom is -0.490 e. The van der Waals surface area contributed by atoms with Crippen LogP contribution in [0.3, 0.4) is 0 Å². The Morgan fingerprint density at radius 1 is 1.20 bits per heavy atom. The second-order valence-electron chi connectivity index (χ2n) is 7.11. The highest BCUT2D eigenvalue weighted by molar-refractivity contribution is 6.31. The number of amides is 2. The Kier molecular flexibility index (Phi) is 7.18. The molecule has 1 atom stereocenters. The van der Waals surface area contributed by atoms with Crippen LogP contribution in [0.25, 0.3) is 0 Å². The van der Waals surface area contributed by atoms with Crippen molar-refractivity contribution in [3.05, 3.63) is 63.9 Å². The van der Waals surface area contributed by atoms with Crippen molar-refractivity contribution in [1.82, 2.24) is 4.90 Å². The van der Waals surface area contributed by atoms with E-state index in [-0.39, 0.29) is 49.1 Å². The first kappa shape index (κ1) is 22.3. The molecular formula is C21H21Cl2FN2O4. The molecule has 3 rings (SSSR count). The van der Waals surface area contributed by atoms with Gasteiger partial charge in [-0.1, -0.05) is 29.3 Å². The number of hydrogen-bond acceptors (Lipinski definition) is 4. The molecule has 1 saturated heterocycles. The van der Waals surface area contributed by atoms with E-state index in [0.29, 0.717) is 17.3 Å². The van der Waals surface area contributed by atoms with Crippen molar-refractivity contribution >= 4 is 35.0 Å². The molecule has 1 heterocycles. The van der Waals surface area contributed by atoms with Crippen LogP contribution >= 0.6 is 23.2 Å². The van der Waals surface area contributed by atoms with Gasteiger partial charge in [-0.15, -0.1) is 0 Å². The fourth-order valence-corrected chi connectivity index (χ4v) is 3.69. The molecule has 0 unspecified atom stereocenters. The van der Waals surface area contributed by atoms with E-state index < -0.39 is 17.3 Å². The molecule has 2 amide bonds. The molecule has 1 aliphatic heterocycles. The second-order valence-corrected chi connectivity index (χ2v) is 7.95. The highest BCUT2D eigenvalue weighted by atomic mass is 35.5. The Morgan fingerprint density at radius 2 is 1.93 bits per heavy atom. The molecule has 0 aliphatic carbocycles. The molecule has 160 valence electrons. The average molecular weight is 455 g/mol. The van der Waals surface area contributed by atoms with Gasteiger partial charge in [-0.3, -0.25) is 9.59 Å². The lowest BCUT2D eigenvalue weighted by Gasteiger charge is -2.42. The molecular weight excluding hydrogens is 434 g/mol. The first-order valence-electron chi connectivity index (χ1n) is 9.29. The third kappa shape index (κ3) is 5.62. The molecule has 9 heteroatoms. The Morgan fingerprint density at radius 3 is 2.60 bits per heavy atom. The SMILES string of the molecule is NC(=O)C[C@]1(COc2ccc(Cl)cc2)CN(C(=O)Cc2c(F)cccc2Cl)CCO1. The van der Waals surface area contributed by atoms with Crippen LogP contribution in [0.5, 0.6) is 5.75 Å². The topological polar surface area (TPSA) is 81.9 Å². The van der Waals surface area contributed by atoms with E-state index >= 15 is 0 Å². The van der Waals surface area contributed by atoms with E-state index in [9.17, 15) is 14.0 Å². The van der Waals surface area contributed by atoms with Crippen molar-refractivity contribution in [3.8, 4) is 5.75 Å². The summed E-state index contributed by atoms with van der Waals surface area (Å²) in [6, 6.07) is 11.0. The lowest BCUT2D eigenvalue weighted by atomic mass is 9.97. The number of carbonyl (C=O) groups is 2. The summed E-state index contributed by atoms with van der Waals surface area (Å²) in [4.78, 5) is 26.0. The fraction of sp³-hybridized carbons (Fsp3) is 0.333. The Labute approximate surface area is 183 Å². The van der Waals surface area contributed by atoms with Crippen LogP contribution in [-0.4, -0.2) is 48.6 Å². The summed E-state index contributed by atoms with van der Waals surface area (Å²) >= 11 is 11.9. The van der Waals surface area contributed by atoms with Gasteiger partial charge in [0.2, 0.25) is 11.8 Å². The zero-order valence-electron chi connectivity index (χ0n) is 16.1. The van der Waals surface area contributed by atoms with Crippen molar-refractivity contribution in [2.24, 2.45) is 5.73 Å². The second kappa shape index (κ2) is 9.64. The molecule has 2 aromatic carbocycles. The first-order chi connectivity index (χ1) is 14.3. The van der Waals surface area contributed by atoms with Crippen LogP contribution in [-0.2, 0) is 20.7 Å². The van der Waals surface area contributed by atoms with Crippen LogP contribution < -0.4 is 10.5 Å². The number of primary amides is 1. The number of ether oxygens (including phenoxy) is 2. The maximum Gasteiger partial charge on any atom is 0.227 e. The molecule has 0 saturated carbocycles. The van der Waals surface area contributed by atoms with E-state index in [1.54, 1.807) is 24.3 Å². The van der Waals surface area contributed by atoms with Gasteiger partial charge in [0.05, 0.1) is 26.0 Å². The predicted molar refractivity (Wildman–Crippen MR) is 111 cm³/mol. The molecule has 2 N–H and O–H groups in total. The van der Waals surface area contributed by atoms with E-state index in [2.05, 4.69) is 0 Å². The lowest BCUT2D eigenvalue weighted by Crippen LogP contribution is -2.58. The van der Waals surface area contributed by atoms with E-state index in [1.165, 1.54) is 23.1 Å². The highest BCUT2D eigenvalue weighted by Crippen LogP contribution is 2.26. The summed E-state index contributed by atoms with van der Waals surface area (Å²) < 4.78 is 25.7. The summed E-state index contributed by atoms with van der Waals surface area (Å²) in [5.41, 5.74) is 4.44. The number of nitrogens with two attached hydrogens (primary N) is 1. The van der Waals surface area contributed by atoms with Gasteiger partial charge in [0, 0.05) is 22.2 Å². The highest BCUT2D eigenvalue weighted by Gasteiger charge is 2.41. The van der Waals surface area contributed by atoms with Crippen molar-refractivity contribution in [2.45, 2.75) is 18.4 Å². The molecule has 0 bridgehead atoms. The zero-order chi connectivity index (χ0) is 21.7. The largest absolute Gasteiger partial charge is 0.490 e. The zero-order valence-corrected chi connectivity index (χ0v) is 17.6. The van der Waals surface area contributed by atoms with Gasteiger partial charge in [0.25, 0.3) is 0 Å². The molecule has 1 aliphatic rings. The van der Waals surface area contributed by atoms with Gasteiger partial charge >= 0.3 is 0 Å². The van der Waals surface area contributed by atoms with Gasteiger partial charge in [0.1, 0.15) is 23.8 Å². The minimum atomic E-state index is -1.11. The van der Waals surface area contributed by atoms with Crippen LogP contribution in [0.2, 0.25) is 10.0 Å². The van der Waals surface area contributed by atoms with E-state index in [1.807, 2.05) is 0 Å². The molecule has 30 heavy (non-hydrogen) atoms. The molecule has 0 spiro atoms. The number of halogens is 3. The maximum atomic E-state index is 14.1. The van der Waals surface area contributed by atoms with E-state index in [4.69, 9.17) is 38.4 Å². The molecule has 2 aromatic rings. The van der Waals surface area contributed by atoms with Crippen LogP contribution in [0.4, 0.5) is 4.39 Å². The number of benzene rings is 2. The van der Waals surface area contributed by atoms with Gasteiger partial charge in [-0.25, -0.2) is 4.39 Å². The summed E-state index contributed by atoms with van der Waals surface area (Å²) in [6.07, 6.45) is -0.332. The Hall–Kier alpha value is -2.35. The number of morpholine rings is 1. The third-order valence-electron chi connectivity index (χ3n) is 4.80. The van der Waals surface area contributed by atoms with Crippen molar-refractivity contribution in [2.75, 3.05) is 26.3 Å². The summed E-state index contributed by atoms with van der Waals surface area (Å²) in [7, 11) is 0. The predicted octanol–water partition coefficient (Wildman–Crippen LogP) is 3.23. The Bertz CT molecular complexity index is 905. The number of hydrogen-bond donors (Lipinski definition) is 1. The smallest absolute Gasteiger partial charge is 0.227 e. The number of nitrogens with zero attached hydrogens (tertiary/aromatic N) is 1. The third-order valence-corrected chi connectivity index (χ3v) is 5.41. The summed E-state index contributed by atoms with van der Waals surface area (Å²) in [5.74, 6) is -0.918.